The molecule has 6 nitrogen and oxygen atoms in total. The molecule has 6 heteroatoms. The number of amides is 1. The van der Waals surface area contributed by atoms with Gasteiger partial charge in [0.1, 0.15) is 17.4 Å². The van der Waals surface area contributed by atoms with Crippen LogP contribution < -0.4 is 10.1 Å². The first kappa shape index (κ1) is 19.7. The van der Waals surface area contributed by atoms with Gasteiger partial charge in [-0.05, 0) is 48.7 Å². The van der Waals surface area contributed by atoms with Crippen LogP contribution in [0.25, 0.3) is 6.08 Å². The summed E-state index contributed by atoms with van der Waals surface area (Å²) in [5.41, 5.74) is 2.91. The fraction of sp³-hybridized carbons (Fsp3) is 0.190. The summed E-state index contributed by atoms with van der Waals surface area (Å²) >= 11 is 0. The van der Waals surface area contributed by atoms with Crippen LogP contribution in [0.15, 0.2) is 48.0 Å². The number of para-hydroxylation sites is 1. The van der Waals surface area contributed by atoms with Gasteiger partial charge in [-0.2, -0.15) is 5.26 Å². The zero-order valence-corrected chi connectivity index (χ0v) is 15.4. The van der Waals surface area contributed by atoms with E-state index in [9.17, 15) is 14.9 Å². The van der Waals surface area contributed by atoms with Crippen LogP contribution in [0.1, 0.15) is 16.7 Å². The first-order valence-corrected chi connectivity index (χ1v) is 8.23. The minimum Gasteiger partial charge on any atom is -0.497 e. The normalized spacial score (nSPS) is 10.7. The van der Waals surface area contributed by atoms with Crippen molar-refractivity contribution in [3.05, 3.63) is 64.7 Å². The third-order valence-corrected chi connectivity index (χ3v) is 3.83. The zero-order valence-electron chi connectivity index (χ0n) is 15.4. The van der Waals surface area contributed by atoms with Crippen LogP contribution in [0.5, 0.6) is 5.75 Å². The van der Waals surface area contributed by atoms with Gasteiger partial charge in [-0.1, -0.05) is 30.3 Å². The van der Waals surface area contributed by atoms with Crippen LogP contribution in [-0.2, 0) is 14.3 Å². The number of ether oxygens (including phenoxy) is 2. The Balaban J connectivity index is 2.01. The summed E-state index contributed by atoms with van der Waals surface area (Å²) < 4.78 is 10.1. The molecule has 0 heterocycles. The van der Waals surface area contributed by atoms with Crippen molar-refractivity contribution in [2.24, 2.45) is 0 Å². The second kappa shape index (κ2) is 9.20. The highest BCUT2D eigenvalue weighted by atomic mass is 16.5. The minimum absolute atomic E-state index is 0.205. The molecule has 1 N–H and O–H groups in total. The number of carbonyl (C=O) groups is 2. The van der Waals surface area contributed by atoms with E-state index in [4.69, 9.17) is 9.47 Å². The lowest BCUT2D eigenvalue weighted by Gasteiger charge is -2.11. The Kier molecular flexibility index (Phi) is 6.73. The topological polar surface area (TPSA) is 88.4 Å². The van der Waals surface area contributed by atoms with Crippen molar-refractivity contribution >= 4 is 23.6 Å². The Morgan fingerprint density at radius 1 is 1.15 bits per heavy atom. The molecule has 0 fully saturated rings. The predicted molar refractivity (Wildman–Crippen MR) is 102 cm³/mol. The van der Waals surface area contributed by atoms with Gasteiger partial charge in [-0.25, -0.2) is 4.79 Å². The Bertz CT molecular complexity index is 906. The first-order chi connectivity index (χ1) is 12.9. The summed E-state index contributed by atoms with van der Waals surface area (Å²) in [7, 11) is 1.52. The first-order valence-electron chi connectivity index (χ1n) is 8.23. The van der Waals surface area contributed by atoms with Gasteiger partial charge in [0.2, 0.25) is 0 Å². The van der Waals surface area contributed by atoms with Gasteiger partial charge in [-0.15, -0.1) is 0 Å². The average molecular weight is 364 g/mol. The molecule has 1 amide bonds. The van der Waals surface area contributed by atoms with E-state index < -0.39 is 18.5 Å². The van der Waals surface area contributed by atoms with E-state index in [0.717, 1.165) is 11.1 Å². The second-order valence-corrected chi connectivity index (χ2v) is 5.84. The largest absolute Gasteiger partial charge is 0.497 e. The Morgan fingerprint density at radius 3 is 2.44 bits per heavy atom. The molecule has 138 valence electrons. The number of esters is 1. The average Bonchev–Trinajstić information content (AvgIpc) is 2.67. The Morgan fingerprint density at radius 2 is 1.81 bits per heavy atom. The van der Waals surface area contributed by atoms with Gasteiger partial charge in [0.15, 0.2) is 6.61 Å². The maximum atomic E-state index is 12.1. The van der Waals surface area contributed by atoms with Gasteiger partial charge in [-0.3, -0.25) is 4.79 Å². The van der Waals surface area contributed by atoms with Crippen molar-refractivity contribution in [1.82, 2.24) is 0 Å². The predicted octanol–water partition coefficient (Wildman–Crippen LogP) is 3.40. The van der Waals surface area contributed by atoms with Crippen LogP contribution >= 0.6 is 0 Å². The van der Waals surface area contributed by atoms with Crippen molar-refractivity contribution in [1.29, 1.82) is 5.26 Å². The number of anilines is 1. The standard InChI is InChI=1S/C21H20N2O4/c1-14-6-4-7-15(2)20(14)23-19(24)13-27-21(25)17(12-22)10-16-8-5-9-18(11-16)26-3/h4-11H,13H2,1-3H3,(H,23,24)/b17-10+. The quantitative estimate of drug-likeness (QED) is 0.482. The fourth-order valence-electron chi connectivity index (χ4n) is 2.43. The second-order valence-electron chi connectivity index (χ2n) is 5.84. The van der Waals surface area contributed by atoms with Crippen molar-refractivity contribution in [3.63, 3.8) is 0 Å². The summed E-state index contributed by atoms with van der Waals surface area (Å²) in [5, 5.41) is 11.9. The van der Waals surface area contributed by atoms with Crippen LogP contribution in [-0.4, -0.2) is 25.6 Å². The maximum absolute atomic E-state index is 12.1. The van der Waals surface area contributed by atoms with Crippen LogP contribution in [0.4, 0.5) is 5.69 Å². The molecule has 0 aliphatic carbocycles. The third kappa shape index (κ3) is 5.44. The smallest absolute Gasteiger partial charge is 0.349 e. The van der Waals surface area contributed by atoms with Crippen molar-refractivity contribution < 1.29 is 19.1 Å². The number of methoxy groups -OCH3 is 1. The molecule has 0 radical (unpaired) electrons. The van der Waals surface area contributed by atoms with Gasteiger partial charge >= 0.3 is 5.97 Å². The summed E-state index contributed by atoms with van der Waals surface area (Å²) in [6, 6.07) is 14.3. The molecule has 2 aromatic rings. The molecule has 0 aliphatic heterocycles. The van der Waals surface area contributed by atoms with Crippen LogP contribution in [0.2, 0.25) is 0 Å². The highest BCUT2D eigenvalue weighted by molar-refractivity contribution is 6.00. The highest BCUT2D eigenvalue weighted by Crippen LogP contribution is 2.19. The summed E-state index contributed by atoms with van der Waals surface area (Å²) in [6.07, 6.45) is 1.38. The van der Waals surface area contributed by atoms with Gasteiger partial charge in [0, 0.05) is 5.69 Å². The number of hydrogen-bond donors (Lipinski definition) is 1. The lowest BCUT2D eigenvalue weighted by molar-refractivity contribution is -0.142. The van der Waals surface area contributed by atoms with Crippen LogP contribution in [0, 0.1) is 25.2 Å². The van der Waals surface area contributed by atoms with Crippen molar-refractivity contribution in [2.45, 2.75) is 13.8 Å². The van der Waals surface area contributed by atoms with E-state index in [1.54, 1.807) is 30.3 Å². The number of nitriles is 1. The van der Waals surface area contributed by atoms with Gasteiger partial charge < -0.3 is 14.8 Å². The lowest BCUT2D eigenvalue weighted by atomic mass is 10.1. The Hall–Kier alpha value is -3.59. The van der Waals surface area contributed by atoms with E-state index >= 15 is 0 Å². The SMILES string of the molecule is COc1cccc(/C=C(\C#N)C(=O)OCC(=O)Nc2c(C)cccc2C)c1. The zero-order chi connectivity index (χ0) is 19.8. The van der Waals surface area contributed by atoms with E-state index in [0.29, 0.717) is 17.0 Å². The van der Waals surface area contributed by atoms with E-state index in [-0.39, 0.29) is 5.57 Å². The summed E-state index contributed by atoms with van der Waals surface area (Å²) in [4.78, 5) is 24.2. The molecule has 0 atom stereocenters. The molecule has 0 spiro atoms. The summed E-state index contributed by atoms with van der Waals surface area (Å²) in [6.45, 7) is 3.27. The summed E-state index contributed by atoms with van der Waals surface area (Å²) in [5.74, 6) is -0.737. The van der Waals surface area contributed by atoms with Crippen LogP contribution in [0.3, 0.4) is 0 Å². The molecule has 0 bridgehead atoms. The minimum atomic E-state index is -0.864. The number of carbonyl (C=O) groups excluding carboxylic acids is 2. The number of hydrogen-bond acceptors (Lipinski definition) is 5. The molecule has 2 aromatic carbocycles. The van der Waals surface area contributed by atoms with Gasteiger partial charge in [0.25, 0.3) is 5.91 Å². The number of benzene rings is 2. The van der Waals surface area contributed by atoms with Crippen molar-refractivity contribution in [3.8, 4) is 11.8 Å². The molecule has 0 aliphatic rings. The molecule has 0 saturated heterocycles. The monoisotopic (exact) mass is 364 g/mol. The molecular weight excluding hydrogens is 344 g/mol. The highest BCUT2D eigenvalue weighted by Gasteiger charge is 2.14. The molecule has 2 rings (SSSR count). The number of aryl methyl sites for hydroxylation is 2. The molecule has 0 saturated carbocycles. The molecular formula is C21H20N2O4. The molecule has 0 aromatic heterocycles. The van der Waals surface area contributed by atoms with E-state index in [1.165, 1.54) is 13.2 Å². The van der Waals surface area contributed by atoms with E-state index in [2.05, 4.69) is 5.32 Å². The molecule has 27 heavy (non-hydrogen) atoms. The maximum Gasteiger partial charge on any atom is 0.349 e. The number of nitrogens with one attached hydrogen (secondary N) is 1. The lowest BCUT2D eigenvalue weighted by Crippen LogP contribution is -2.22. The van der Waals surface area contributed by atoms with Gasteiger partial charge in [0.05, 0.1) is 7.11 Å². The number of nitrogens with zero attached hydrogens (tertiary/aromatic N) is 1. The molecule has 0 unspecified atom stereocenters. The fourth-order valence-corrected chi connectivity index (χ4v) is 2.43. The number of rotatable bonds is 6. The van der Waals surface area contributed by atoms with E-state index in [1.807, 2.05) is 32.0 Å². The Labute approximate surface area is 158 Å². The van der Waals surface area contributed by atoms with Crippen molar-refractivity contribution in [2.75, 3.05) is 19.0 Å². The third-order valence-electron chi connectivity index (χ3n) is 3.83.